The molecule has 0 amide bonds. The minimum Gasteiger partial charge on any atom is -0.504 e. The molecule has 2 N–H and O–H groups in total. The predicted molar refractivity (Wildman–Crippen MR) is 87.8 cm³/mol. The Balaban J connectivity index is 2.51. The summed E-state index contributed by atoms with van der Waals surface area (Å²) in [6, 6.07) is 10.5. The van der Waals surface area contributed by atoms with Crippen LogP contribution in [0.25, 0.3) is 0 Å². The Hall–Kier alpha value is -2.29. The van der Waals surface area contributed by atoms with Crippen LogP contribution in [-0.2, 0) is 0 Å². The lowest BCUT2D eigenvalue weighted by atomic mass is 9.93. The van der Waals surface area contributed by atoms with Crippen molar-refractivity contribution in [1.29, 1.82) is 0 Å². The van der Waals surface area contributed by atoms with Gasteiger partial charge in [-0.3, -0.25) is 4.79 Å². The first-order valence-electron chi connectivity index (χ1n) is 7.51. The van der Waals surface area contributed by atoms with E-state index in [0.29, 0.717) is 11.5 Å². The van der Waals surface area contributed by atoms with Crippen LogP contribution in [0.3, 0.4) is 0 Å². The van der Waals surface area contributed by atoms with Crippen molar-refractivity contribution in [3.8, 4) is 11.5 Å². The van der Waals surface area contributed by atoms with E-state index in [-0.39, 0.29) is 28.8 Å². The summed E-state index contributed by atoms with van der Waals surface area (Å²) < 4.78 is 0. The first-order chi connectivity index (χ1) is 10.3. The number of ketones is 1. The summed E-state index contributed by atoms with van der Waals surface area (Å²) in [6.07, 6.45) is 0. The van der Waals surface area contributed by atoms with Gasteiger partial charge in [-0.05, 0) is 41.2 Å². The zero-order chi connectivity index (χ0) is 16.4. The molecule has 0 fully saturated rings. The van der Waals surface area contributed by atoms with E-state index in [2.05, 4.69) is 13.8 Å². The molecule has 0 spiro atoms. The number of phenols is 2. The largest absolute Gasteiger partial charge is 0.504 e. The second-order valence-corrected chi connectivity index (χ2v) is 6.20. The molecule has 0 saturated carbocycles. The van der Waals surface area contributed by atoms with Crippen LogP contribution in [0.4, 0.5) is 0 Å². The van der Waals surface area contributed by atoms with Crippen molar-refractivity contribution in [2.75, 3.05) is 0 Å². The summed E-state index contributed by atoms with van der Waals surface area (Å²) in [4.78, 5) is 12.7. The van der Waals surface area contributed by atoms with Gasteiger partial charge in [0.25, 0.3) is 0 Å². The Morgan fingerprint density at radius 3 is 2.14 bits per heavy atom. The average Bonchev–Trinajstić information content (AvgIpc) is 2.49. The lowest BCUT2D eigenvalue weighted by molar-refractivity contribution is 0.103. The molecule has 0 unspecified atom stereocenters. The molecule has 0 aliphatic carbocycles. The van der Waals surface area contributed by atoms with Crippen molar-refractivity contribution in [2.45, 2.75) is 39.5 Å². The van der Waals surface area contributed by atoms with Crippen molar-refractivity contribution in [1.82, 2.24) is 0 Å². The number of rotatable bonds is 4. The van der Waals surface area contributed by atoms with Gasteiger partial charge >= 0.3 is 0 Å². The minimum atomic E-state index is -0.357. The molecule has 0 aliphatic heterocycles. The third-order valence-electron chi connectivity index (χ3n) is 3.84. The van der Waals surface area contributed by atoms with E-state index in [0.717, 1.165) is 11.1 Å². The number of carbonyl (C=O) groups excluding carboxylic acids is 1. The molecule has 0 bridgehead atoms. The van der Waals surface area contributed by atoms with Crippen LogP contribution in [0, 0.1) is 0 Å². The molecular weight excluding hydrogens is 276 g/mol. The van der Waals surface area contributed by atoms with Gasteiger partial charge in [-0.15, -0.1) is 0 Å². The minimum absolute atomic E-state index is 0.143. The summed E-state index contributed by atoms with van der Waals surface area (Å²) in [5.41, 5.74) is 2.54. The van der Waals surface area contributed by atoms with Crippen LogP contribution in [0.15, 0.2) is 36.4 Å². The standard InChI is InChI=1S/C19H22O3/c1-11(2)13-6-5-7-14(8-13)18(21)16-9-15(12(3)4)10-17(20)19(16)22/h5-12,20,22H,1-4H3. The van der Waals surface area contributed by atoms with E-state index in [4.69, 9.17) is 0 Å². The van der Waals surface area contributed by atoms with Gasteiger partial charge in [0.05, 0.1) is 5.56 Å². The van der Waals surface area contributed by atoms with Crippen molar-refractivity contribution in [2.24, 2.45) is 0 Å². The summed E-state index contributed by atoms with van der Waals surface area (Å²) in [5, 5.41) is 19.9. The number of carbonyl (C=O) groups is 1. The van der Waals surface area contributed by atoms with Gasteiger partial charge in [-0.25, -0.2) is 0 Å². The Bertz CT molecular complexity index is 700. The Labute approximate surface area is 131 Å². The maximum Gasteiger partial charge on any atom is 0.196 e. The fraction of sp³-hybridized carbons (Fsp3) is 0.316. The summed E-state index contributed by atoms with van der Waals surface area (Å²) in [7, 11) is 0. The molecule has 116 valence electrons. The van der Waals surface area contributed by atoms with Crippen LogP contribution in [0.1, 0.15) is 66.6 Å². The van der Waals surface area contributed by atoms with Crippen LogP contribution >= 0.6 is 0 Å². The van der Waals surface area contributed by atoms with Crippen LogP contribution < -0.4 is 0 Å². The highest BCUT2D eigenvalue weighted by Crippen LogP contribution is 2.34. The van der Waals surface area contributed by atoms with Gasteiger partial charge in [-0.2, -0.15) is 0 Å². The van der Waals surface area contributed by atoms with E-state index in [1.807, 2.05) is 32.0 Å². The third-order valence-corrected chi connectivity index (χ3v) is 3.84. The van der Waals surface area contributed by atoms with Crippen molar-refractivity contribution < 1.29 is 15.0 Å². The maximum absolute atomic E-state index is 12.7. The van der Waals surface area contributed by atoms with Gasteiger partial charge < -0.3 is 10.2 Å². The number of hydrogen-bond donors (Lipinski definition) is 2. The predicted octanol–water partition coefficient (Wildman–Crippen LogP) is 4.58. The lowest BCUT2D eigenvalue weighted by Crippen LogP contribution is -2.04. The molecule has 0 aliphatic rings. The van der Waals surface area contributed by atoms with Crippen molar-refractivity contribution in [3.05, 3.63) is 58.7 Å². The number of hydrogen-bond acceptors (Lipinski definition) is 3. The van der Waals surface area contributed by atoms with Crippen LogP contribution in [0.2, 0.25) is 0 Å². The third kappa shape index (κ3) is 3.14. The molecule has 22 heavy (non-hydrogen) atoms. The van der Waals surface area contributed by atoms with Crippen LogP contribution in [0.5, 0.6) is 11.5 Å². The maximum atomic E-state index is 12.7. The lowest BCUT2D eigenvalue weighted by Gasteiger charge is -2.12. The first kappa shape index (κ1) is 16.1. The highest BCUT2D eigenvalue weighted by molar-refractivity contribution is 6.11. The molecule has 0 saturated heterocycles. The topological polar surface area (TPSA) is 57.5 Å². The highest BCUT2D eigenvalue weighted by Gasteiger charge is 2.19. The van der Waals surface area contributed by atoms with Gasteiger partial charge in [0, 0.05) is 5.56 Å². The molecule has 2 rings (SSSR count). The fourth-order valence-corrected chi connectivity index (χ4v) is 2.34. The first-order valence-corrected chi connectivity index (χ1v) is 7.51. The van der Waals surface area contributed by atoms with Crippen LogP contribution in [-0.4, -0.2) is 16.0 Å². The quantitative estimate of drug-likeness (QED) is 0.642. The van der Waals surface area contributed by atoms with Gasteiger partial charge in [0.15, 0.2) is 17.3 Å². The van der Waals surface area contributed by atoms with E-state index >= 15 is 0 Å². The number of benzene rings is 2. The second-order valence-electron chi connectivity index (χ2n) is 6.20. The molecule has 3 heteroatoms. The summed E-state index contributed by atoms with van der Waals surface area (Å²) in [6.45, 7) is 8.07. The molecule has 2 aromatic carbocycles. The van der Waals surface area contributed by atoms with E-state index in [1.165, 1.54) is 6.07 Å². The van der Waals surface area contributed by atoms with E-state index in [9.17, 15) is 15.0 Å². The Kier molecular flexibility index (Phi) is 4.55. The highest BCUT2D eigenvalue weighted by atomic mass is 16.3. The smallest absolute Gasteiger partial charge is 0.196 e. The monoisotopic (exact) mass is 298 g/mol. The second kappa shape index (κ2) is 6.22. The zero-order valence-electron chi connectivity index (χ0n) is 13.4. The summed E-state index contributed by atoms with van der Waals surface area (Å²) >= 11 is 0. The Morgan fingerprint density at radius 2 is 1.55 bits per heavy atom. The molecule has 2 aromatic rings. The molecule has 0 heterocycles. The summed E-state index contributed by atoms with van der Waals surface area (Å²) in [5.74, 6) is -0.423. The molecule has 0 aromatic heterocycles. The number of aromatic hydroxyl groups is 2. The zero-order valence-corrected chi connectivity index (χ0v) is 13.4. The van der Waals surface area contributed by atoms with Gasteiger partial charge in [-0.1, -0.05) is 45.9 Å². The normalized spacial score (nSPS) is 11.2. The van der Waals surface area contributed by atoms with E-state index < -0.39 is 0 Å². The molecule has 0 radical (unpaired) electrons. The van der Waals surface area contributed by atoms with Crippen molar-refractivity contribution >= 4 is 5.78 Å². The molecular formula is C19H22O3. The fourth-order valence-electron chi connectivity index (χ4n) is 2.34. The Morgan fingerprint density at radius 1 is 0.909 bits per heavy atom. The van der Waals surface area contributed by atoms with Gasteiger partial charge in [0.2, 0.25) is 0 Å². The van der Waals surface area contributed by atoms with Crippen molar-refractivity contribution in [3.63, 3.8) is 0 Å². The van der Waals surface area contributed by atoms with E-state index in [1.54, 1.807) is 12.1 Å². The SMILES string of the molecule is CC(C)c1cccc(C(=O)c2cc(C(C)C)cc(O)c2O)c1. The molecule has 3 nitrogen and oxygen atoms in total. The van der Waals surface area contributed by atoms with Gasteiger partial charge in [0.1, 0.15) is 0 Å². The average molecular weight is 298 g/mol. The molecule has 0 atom stereocenters. The number of phenolic OH excluding ortho intramolecular Hbond substituents is 2.